The van der Waals surface area contributed by atoms with Crippen molar-refractivity contribution in [2.24, 2.45) is 11.3 Å². The fourth-order valence-corrected chi connectivity index (χ4v) is 3.32. The van der Waals surface area contributed by atoms with Gasteiger partial charge in [-0.2, -0.15) is 0 Å². The maximum Gasteiger partial charge on any atom is 0.243 e. The predicted molar refractivity (Wildman–Crippen MR) is 93.2 cm³/mol. The third-order valence-corrected chi connectivity index (χ3v) is 4.47. The van der Waals surface area contributed by atoms with Gasteiger partial charge in [0.25, 0.3) is 0 Å². The fourth-order valence-electron chi connectivity index (χ4n) is 3.32. The van der Waals surface area contributed by atoms with E-state index in [1.807, 2.05) is 30.3 Å². The standard InChI is InChI=1S/C19H30N2O2/c1-19(2,3)17-15(11-12-23-17)13-20-16(18(22)21(4)5)14-9-7-6-8-10-14/h6-10,15-17,20H,11-13H2,1-5H3/t15-,16?,17+/m1/s1. The Kier molecular flexibility index (Phi) is 5.82. The van der Waals surface area contributed by atoms with E-state index < -0.39 is 0 Å². The van der Waals surface area contributed by atoms with E-state index in [2.05, 4.69) is 26.1 Å². The van der Waals surface area contributed by atoms with Crippen LogP contribution in [0.25, 0.3) is 0 Å². The van der Waals surface area contributed by atoms with E-state index in [0.29, 0.717) is 5.92 Å². The van der Waals surface area contributed by atoms with Crippen LogP contribution in [0, 0.1) is 11.3 Å². The molecule has 0 spiro atoms. The van der Waals surface area contributed by atoms with E-state index in [1.165, 1.54) is 0 Å². The lowest BCUT2D eigenvalue weighted by atomic mass is 9.81. The molecule has 4 nitrogen and oxygen atoms in total. The van der Waals surface area contributed by atoms with Gasteiger partial charge in [-0.15, -0.1) is 0 Å². The van der Waals surface area contributed by atoms with Crippen molar-refractivity contribution < 1.29 is 9.53 Å². The first-order valence-electron chi connectivity index (χ1n) is 8.42. The van der Waals surface area contributed by atoms with E-state index >= 15 is 0 Å². The first-order valence-corrected chi connectivity index (χ1v) is 8.42. The molecule has 0 radical (unpaired) electrons. The van der Waals surface area contributed by atoms with Gasteiger partial charge >= 0.3 is 0 Å². The summed E-state index contributed by atoms with van der Waals surface area (Å²) in [5, 5.41) is 3.49. The number of carbonyl (C=O) groups excluding carboxylic acids is 1. The number of ether oxygens (including phenoxy) is 1. The van der Waals surface area contributed by atoms with Gasteiger partial charge in [-0.1, -0.05) is 51.1 Å². The molecule has 4 heteroatoms. The molecule has 1 fully saturated rings. The molecule has 1 heterocycles. The Morgan fingerprint density at radius 3 is 2.52 bits per heavy atom. The summed E-state index contributed by atoms with van der Waals surface area (Å²) in [7, 11) is 3.60. The Morgan fingerprint density at radius 2 is 1.96 bits per heavy atom. The zero-order valence-corrected chi connectivity index (χ0v) is 15.0. The predicted octanol–water partition coefficient (Wildman–Crippen LogP) is 2.86. The van der Waals surface area contributed by atoms with Crippen molar-refractivity contribution in [3.63, 3.8) is 0 Å². The van der Waals surface area contributed by atoms with Crippen LogP contribution in [0.5, 0.6) is 0 Å². The molecule has 1 N–H and O–H groups in total. The number of nitrogens with one attached hydrogen (secondary N) is 1. The number of likely N-dealkylation sites (N-methyl/N-ethyl adjacent to an activating group) is 1. The summed E-state index contributed by atoms with van der Waals surface area (Å²) in [6.45, 7) is 8.26. The van der Waals surface area contributed by atoms with Gasteiger partial charge in [0, 0.05) is 33.2 Å². The van der Waals surface area contributed by atoms with Gasteiger partial charge in [0.05, 0.1) is 6.10 Å². The minimum atomic E-state index is -0.299. The van der Waals surface area contributed by atoms with E-state index in [0.717, 1.165) is 25.1 Å². The molecule has 23 heavy (non-hydrogen) atoms. The Morgan fingerprint density at radius 1 is 1.30 bits per heavy atom. The van der Waals surface area contributed by atoms with E-state index in [1.54, 1.807) is 19.0 Å². The molecule has 1 aromatic carbocycles. The lowest BCUT2D eigenvalue weighted by Gasteiger charge is -2.32. The molecule has 1 aromatic rings. The number of carbonyl (C=O) groups is 1. The summed E-state index contributed by atoms with van der Waals surface area (Å²) in [5.74, 6) is 0.526. The highest BCUT2D eigenvalue weighted by Crippen LogP contribution is 2.34. The summed E-state index contributed by atoms with van der Waals surface area (Å²) in [6.07, 6.45) is 1.29. The molecule has 1 unspecified atom stereocenters. The molecule has 1 aliphatic heterocycles. The van der Waals surface area contributed by atoms with Crippen molar-refractivity contribution in [3.8, 4) is 0 Å². The second kappa shape index (κ2) is 7.45. The second-order valence-electron chi connectivity index (χ2n) is 7.69. The summed E-state index contributed by atoms with van der Waals surface area (Å²) in [6, 6.07) is 9.64. The number of hydrogen-bond donors (Lipinski definition) is 1. The quantitative estimate of drug-likeness (QED) is 0.907. The van der Waals surface area contributed by atoms with Crippen LogP contribution in [-0.2, 0) is 9.53 Å². The van der Waals surface area contributed by atoms with Gasteiger partial charge < -0.3 is 15.0 Å². The lowest BCUT2D eigenvalue weighted by molar-refractivity contribution is -0.131. The second-order valence-corrected chi connectivity index (χ2v) is 7.69. The summed E-state index contributed by atoms with van der Waals surface area (Å²) in [4.78, 5) is 14.2. The van der Waals surface area contributed by atoms with E-state index in [9.17, 15) is 4.79 Å². The van der Waals surface area contributed by atoms with Crippen molar-refractivity contribution in [1.29, 1.82) is 0 Å². The average Bonchev–Trinajstić information content (AvgIpc) is 2.97. The van der Waals surface area contributed by atoms with Crippen LogP contribution < -0.4 is 5.32 Å². The van der Waals surface area contributed by atoms with Crippen molar-refractivity contribution in [3.05, 3.63) is 35.9 Å². The smallest absolute Gasteiger partial charge is 0.243 e. The van der Waals surface area contributed by atoms with Gasteiger partial charge in [-0.25, -0.2) is 0 Å². The summed E-state index contributed by atoms with van der Waals surface area (Å²) < 4.78 is 5.94. The SMILES string of the molecule is CN(C)C(=O)C(NC[C@H]1CCO[C@@H]1C(C)(C)C)c1ccccc1. The molecule has 1 amide bonds. The molecule has 0 saturated carbocycles. The van der Waals surface area contributed by atoms with Crippen molar-refractivity contribution in [2.75, 3.05) is 27.2 Å². The third kappa shape index (κ3) is 4.55. The zero-order chi connectivity index (χ0) is 17.0. The van der Waals surface area contributed by atoms with Gasteiger partial charge in [-0.3, -0.25) is 4.79 Å². The van der Waals surface area contributed by atoms with Gasteiger partial charge in [0.2, 0.25) is 5.91 Å². The molecule has 3 atom stereocenters. The Balaban J connectivity index is 2.08. The monoisotopic (exact) mass is 318 g/mol. The average molecular weight is 318 g/mol. The largest absolute Gasteiger partial charge is 0.377 e. The van der Waals surface area contributed by atoms with Gasteiger partial charge in [-0.05, 0) is 17.4 Å². The molecule has 0 aromatic heterocycles. The summed E-state index contributed by atoms with van der Waals surface area (Å²) >= 11 is 0. The van der Waals surface area contributed by atoms with Crippen molar-refractivity contribution in [1.82, 2.24) is 10.2 Å². The van der Waals surface area contributed by atoms with Gasteiger partial charge in [0.15, 0.2) is 0 Å². The maximum atomic E-state index is 12.6. The summed E-state index contributed by atoms with van der Waals surface area (Å²) in [5.41, 5.74) is 1.13. The van der Waals surface area contributed by atoms with Gasteiger partial charge in [0.1, 0.15) is 6.04 Å². The van der Waals surface area contributed by atoms with Crippen LogP contribution in [0.3, 0.4) is 0 Å². The normalized spacial score (nSPS) is 22.8. The van der Waals surface area contributed by atoms with E-state index in [4.69, 9.17) is 4.74 Å². The minimum absolute atomic E-state index is 0.0856. The molecule has 1 saturated heterocycles. The van der Waals surface area contributed by atoms with Crippen LogP contribution in [0.1, 0.15) is 38.8 Å². The van der Waals surface area contributed by atoms with Crippen molar-refractivity contribution >= 4 is 5.91 Å². The number of amides is 1. The number of rotatable bonds is 5. The molecule has 0 aliphatic carbocycles. The maximum absolute atomic E-state index is 12.6. The van der Waals surface area contributed by atoms with Crippen LogP contribution in [0.15, 0.2) is 30.3 Å². The van der Waals surface area contributed by atoms with Crippen LogP contribution >= 0.6 is 0 Å². The number of nitrogens with zero attached hydrogens (tertiary/aromatic N) is 1. The number of hydrogen-bond acceptors (Lipinski definition) is 3. The fraction of sp³-hybridized carbons (Fsp3) is 0.632. The number of benzene rings is 1. The molecular formula is C19H30N2O2. The Hall–Kier alpha value is -1.39. The first-order chi connectivity index (χ1) is 10.8. The Labute approximate surface area is 140 Å². The van der Waals surface area contributed by atoms with Crippen LogP contribution in [-0.4, -0.2) is 44.2 Å². The lowest BCUT2D eigenvalue weighted by Crippen LogP contribution is -2.42. The topological polar surface area (TPSA) is 41.6 Å². The molecule has 2 rings (SSSR count). The molecule has 0 bridgehead atoms. The third-order valence-electron chi connectivity index (χ3n) is 4.47. The first kappa shape index (κ1) is 18.0. The highest BCUT2D eigenvalue weighted by molar-refractivity contribution is 5.82. The molecule has 128 valence electrons. The zero-order valence-electron chi connectivity index (χ0n) is 15.0. The van der Waals surface area contributed by atoms with Crippen LogP contribution in [0.4, 0.5) is 0 Å². The highest BCUT2D eigenvalue weighted by atomic mass is 16.5. The highest BCUT2D eigenvalue weighted by Gasteiger charge is 2.37. The Bertz CT molecular complexity index is 508. The minimum Gasteiger partial charge on any atom is -0.377 e. The van der Waals surface area contributed by atoms with Crippen molar-refractivity contribution in [2.45, 2.75) is 39.3 Å². The van der Waals surface area contributed by atoms with E-state index in [-0.39, 0.29) is 23.5 Å². The molecule has 1 aliphatic rings. The van der Waals surface area contributed by atoms with Crippen LogP contribution in [0.2, 0.25) is 0 Å². The molecular weight excluding hydrogens is 288 g/mol.